The lowest BCUT2D eigenvalue weighted by molar-refractivity contribution is -0.139. The zero-order valence-corrected chi connectivity index (χ0v) is 15.6. The number of ether oxygens (including phenoxy) is 1. The van der Waals surface area contributed by atoms with Crippen molar-refractivity contribution in [3.8, 4) is 0 Å². The maximum absolute atomic E-state index is 12.4. The van der Waals surface area contributed by atoms with Crippen LogP contribution >= 0.6 is 11.3 Å². The van der Waals surface area contributed by atoms with Crippen LogP contribution < -0.4 is 5.32 Å². The lowest BCUT2D eigenvalue weighted by atomic mass is 9.99. The molecular formula is C17H23N5O2S. The van der Waals surface area contributed by atoms with E-state index in [1.807, 2.05) is 30.2 Å². The summed E-state index contributed by atoms with van der Waals surface area (Å²) in [7, 11) is 1.55. The van der Waals surface area contributed by atoms with Crippen LogP contribution in [0.15, 0.2) is 11.4 Å². The Morgan fingerprint density at radius 3 is 2.92 bits per heavy atom. The van der Waals surface area contributed by atoms with Crippen molar-refractivity contribution < 1.29 is 9.53 Å². The normalized spacial score (nSPS) is 17.6. The van der Waals surface area contributed by atoms with Gasteiger partial charge in [-0.3, -0.25) is 4.79 Å². The van der Waals surface area contributed by atoms with Crippen LogP contribution in [0.3, 0.4) is 0 Å². The van der Waals surface area contributed by atoms with Crippen LogP contribution in [-0.2, 0) is 9.53 Å². The molecule has 134 valence electrons. The molecule has 3 rings (SSSR count). The van der Waals surface area contributed by atoms with Gasteiger partial charge in [-0.2, -0.15) is 0 Å². The van der Waals surface area contributed by atoms with Gasteiger partial charge in [0.2, 0.25) is 5.91 Å². The molecule has 8 heteroatoms. The highest BCUT2D eigenvalue weighted by Gasteiger charge is 2.29. The molecule has 0 saturated carbocycles. The number of hydrogen-bond donors (Lipinski definition) is 1. The number of hydrogen-bond acceptors (Lipinski definition) is 7. The molecular weight excluding hydrogens is 338 g/mol. The summed E-state index contributed by atoms with van der Waals surface area (Å²) in [5.41, 5.74) is 1.84. The molecule has 1 N–H and O–H groups in total. The molecule has 0 bridgehead atoms. The number of anilines is 2. The first-order chi connectivity index (χ1) is 12.1. The minimum absolute atomic E-state index is 0.00789. The summed E-state index contributed by atoms with van der Waals surface area (Å²) in [6.07, 6.45) is 3.00. The fraction of sp³-hybridized carbons (Fsp3) is 0.529. The second kappa shape index (κ2) is 7.88. The summed E-state index contributed by atoms with van der Waals surface area (Å²) in [5.74, 6) is 1.40. The van der Waals surface area contributed by atoms with Gasteiger partial charge in [0.1, 0.15) is 18.2 Å². The predicted octanol–water partition coefficient (Wildman–Crippen LogP) is 2.99. The van der Waals surface area contributed by atoms with Gasteiger partial charge in [0.25, 0.3) is 0 Å². The lowest BCUT2D eigenvalue weighted by Crippen LogP contribution is -2.40. The Morgan fingerprint density at radius 2 is 2.20 bits per heavy atom. The number of rotatable bonds is 5. The Labute approximate surface area is 151 Å². The number of thiazole rings is 1. The van der Waals surface area contributed by atoms with Crippen molar-refractivity contribution in [2.45, 2.75) is 39.2 Å². The third kappa shape index (κ3) is 4.32. The average Bonchev–Trinajstić information content (AvgIpc) is 2.99. The van der Waals surface area contributed by atoms with E-state index in [1.54, 1.807) is 18.4 Å². The molecule has 2 aromatic heterocycles. The SMILES string of the molecule is COCC(=O)N1CCCCC1c1cc(Nc2nc(C)cs2)nc(C)n1. The fourth-order valence-corrected chi connectivity index (χ4v) is 3.79. The number of nitrogens with zero attached hydrogens (tertiary/aromatic N) is 4. The second-order valence-corrected chi connectivity index (χ2v) is 7.03. The van der Waals surface area contributed by atoms with Crippen LogP contribution in [-0.4, -0.2) is 46.0 Å². The molecule has 0 radical (unpaired) electrons. The molecule has 2 aromatic rings. The Hall–Kier alpha value is -2.06. The second-order valence-electron chi connectivity index (χ2n) is 6.18. The van der Waals surface area contributed by atoms with Gasteiger partial charge in [-0.1, -0.05) is 0 Å². The van der Waals surface area contributed by atoms with E-state index in [0.717, 1.165) is 42.3 Å². The third-order valence-electron chi connectivity index (χ3n) is 4.14. The molecule has 1 atom stereocenters. The summed E-state index contributed by atoms with van der Waals surface area (Å²) in [5, 5.41) is 6.04. The molecule has 1 amide bonds. The standard InChI is InChI=1S/C17H23N5O2S/c1-11-10-25-17(18-11)21-15-8-13(19-12(2)20-15)14-6-4-5-7-22(14)16(23)9-24-3/h8,10,14H,4-7,9H2,1-3H3,(H,18,19,20,21). The highest BCUT2D eigenvalue weighted by molar-refractivity contribution is 7.13. The number of piperidine rings is 1. The minimum Gasteiger partial charge on any atom is -0.375 e. The Balaban J connectivity index is 1.85. The molecule has 0 aromatic carbocycles. The van der Waals surface area contributed by atoms with Gasteiger partial charge >= 0.3 is 0 Å². The maximum Gasteiger partial charge on any atom is 0.249 e. The molecule has 0 spiro atoms. The lowest BCUT2D eigenvalue weighted by Gasteiger charge is -2.35. The summed E-state index contributed by atoms with van der Waals surface area (Å²) in [6.45, 7) is 4.67. The first kappa shape index (κ1) is 17.8. The van der Waals surface area contributed by atoms with Gasteiger partial charge in [-0.25, -0.2) is 15.0 Å². The molecule has 0 aliphatic carbocycles. The predicted molar refractivity (Wildman–Crippen MR) is 97.1 cm³/mol. The summed E-state index contributed by atoms with van der Waals surface area (Å²) >= 11 is 1.54. The van der Waals surface area contributed by atoms with Crippen molar-refractivity contribution in [2.75, 3.05) is 25.6 Å². The highest BCUT2D eigenvalue weighted by atomic mass is 32.1. The third-order valence-corrected chi connectivity index (χ3v) is 5.02. The van der Waals surface area contributed by atoms with Crippen molar-refractivity contribution in [3.63, 3.8) is 0 Å². The summed E-state index contributed by atoms with van der Waals surface area (Å²) < 4.78 is 5.03. The van der Waals surface area contributed by atoms with Crippen LogP contribution in [0.25, 0.3) is 0 Å². The number of aromatic nitrogens is 3. The van der Waals surface area contributed by atoms with Crippen molar-refractivity contribution in [1.29, 1.82) is 0 Å². The number of nitrogens with one attached hydrogen (secondary N) is 1. The molecule has 1 unspecified atom stereocenters. The quantitative estimate of drug-likeness (QED) is 0.882. The van der Waals surface area contributed by atoms with E-state index in [1.165, 1.54) is 0 Å². The van der Waals surface area contributed by atoms with Gasteiger partial charge in [0, 0.05) is 25.1 Å². The average molecular weight is 361 g/mol. The van der Waals surface area contributed by atoms with Gasteiger partial charge < -0.3 is 15.0 Å². The van der Waals surface area contributed by atoms with Crippen molar-refractivity contribution in [2.24, 2.45) is 0 Å². The smallest absolute Gasteiger partial charge is 0.249 e. The van der Waals surface area contributed by atoms with Crippen molar-refractivity contribution in [3.05, 3.63) is 28.7 Å². The van der Waals surface area contributed by atoms with E-state index >= 15 is 0 Å². The van der Waals surface area contributed by atoms with Gasteiger partial charge in [-0.15, -0.1) is 11.3 Å². The molecule has 7 nitrogen and oxygen atoms in total. The summed E-state index contributed by atoms with van der Waals surface area (Å²) in [4.78, 5) is 27.7. The molecule has 3 heterocycles. The van der Waals surface area contributed by atoms with E-state index in [2.05, 4.69) is 20.3 Å². The Bertz CT molecular complexity index is 748. The zero-order valence-electron chi connectivity index (χ0n) is 14.8. The Kier molecular flexibility index (Phi) is 5.60. The van der Waals surface area contributed by atoms with Crippen LogP contribution in [0.4, 0.5) is 10.9 Å². The monoisotopic (exact) mass is 361 g/mol. The zero-order chi connectivity index (χ0) is 17.8. The van der Waals surface area contributed by atoms with Crippen molar-refractivity contribution in [1.82, 2.24) is 19.9 Å². The fourth-order valence-electron chi connectivity index (χ4n) is 3.09. The number of aryl methyl sites for hydroxylation is 2. The number of methoxy groups -OCH3 is 1. The van der Waals surface area contributed by atoms with E-state index in [-0.39, 0.29) is 18.6 Å². The largest absolute Gasteiger partial charge is 0.375 e. The molecule has 25 heavy (non-hydrogen) atoms. The first-order valence-electron chi connectivity index (χ1n) is 8.40. The number of carbonyl (C=O) groups is 1. The minimum atomic E-state index is -0.0309. The maximum atomic E-state index is 12.4. The molecule has 1 aliphatic rings. The molecule has 1 saturated heterocycles. The van der Waals surface area contributed by atoms with E-state index < -0.39 is 0 Å². The highest BCUT2D eigenvalue weighted by Crippen LogP contribution is 2.31. The molecule has 1 fully saturated rings. The van der Waals surface area contributed by atoms with Crippen LogP contribution in [0.1, 0.15) is 42.5 Å². The van der Waals surface area contributed by atoms with E-state index in [4.69, 9.17) is 4.74 Å². The topological polar surface area (TPSA) is 80.2 Å². The number of amides is 1. The van der Waals surface area contributed by atoms with Gasteiger partial charge in [-0.05, 0) is 33.1 Å². The number of carbonyl (C=O) groups excluding carboxylic acids is 1. The van der Waals surface area contributed by atoms with Gasteiger partial charge in [0.15, 0.2) is 5.13 Å². The first-order valence-corrected chi connectivity index (χ1v) is 9.28. The van der Waals surface area contributed by atoms with Crippen molar-refractivity contribution >= 4 is 28.2 Å². The van der Waals surface area contributed by atoms with Gasteiger partial charge in [0.05, 0.1) is 17.4 Å². The summed E-state index contributed by atoms with van der Waals surface area (Å²) in [6, 6.07) is 1.89. The van der Waals surface area contributed by atoms with Crippen LogP contribution in [0.5, 0.6) is 0 Å². The Morgan fingerprint density at radius 1 is 1.36 bits per heavy atom. The van der Waals surface area contributed by atoms with E-state index in [0.29, 0.717) is 11.6 Å². The van der Waals surface area contributed by atoms with Crippen LogP contribution in [0.2, 0.25) is 0 Å². The number of likely N-dealkylation sites (tertiary alicyclic amines) is 1. The van der Waals surface area contributed by atoms with Crippen LogP contribution in [0, 0.1) is 13.8 Å². The van der Waals surface area contributed by atoms with E-state index in [9.17, 15) is 4.79 Å². The molecule has 1 aliphatic heterocycles.